The average molecular weight is 216 g/mol. The Morgan fingerprint density at radius 3 is 2.47 bits per heavy atom. The summed E-state index contributed by atoms with van der Waals surface area (Å²) >= 11 is 0. The van der Waals surface area contributed by atoms with Crippen LogP contribution in [0.2, 0.25) is 0 Å². The molecule has 5 nitrogen and oxygen atoms in total. The molecule has 0 spiro atoms. The molecule has 0 aromatic heterocycles. The molecule has 0 aromatic carbocycles. The molecular formula is C10H20N2O3. The molecule has 1 amide bonds. The minimum absolute atomic E-state index is 0.218. The number of amides is 1. The number of nitrogens with one attached hydrogen (secondary N) is 1. The van der Waals surface area contributed by atoms with Crippen molar-refractivity contribution >= 4 is 11.9 Å². The first-order valence-corrected chi connectivity index (χ1v) is 4.97. The Morgan fingerprint density at radius 2 is 2.00 bits per heavy atom. The van der Waals surface area contributed by atoms with Crippen molar-refractivity contribution in [3.63, 3.8) is 0 Å². The lowest BCUT2D eigenvalue weighted by atomic mass is 10.0. The number of ether oxygens (including phenoxy) is 1. The standard InChI is InChI=1S/C10H20N2O3/c1-10(2,7-8(11)13)12-6-4-5-9(14)15-3/h12H,4-7H2,1-3H3,(H2,11,13). The van der Waals surface area contributed by atoms with Crippen LogP contribution in [0, 0.1) is 0 Å². The molecule has 0 saturated carbocycles. The molecule has 15 heavy (non-hydrogen) atoms. The summed E-state index contributed by atoms with van der Waals surface area (Å²) in [6.07, 6.45) is 1.36. The van der Waals surface area contributed by atoms with Gasteiger partial charge in [-0.05, 0) is 26.8 Å². The minimum Gasteiger partial charge on any atom is -0.469 e. The lowest BCUT2D eigenvalue weighted by Gasteiger charge is -2.24. The highest BCUT2D eigenvalue weighted by atomic mass is 16.5. The van der Waals surface area contributed by atoms with Crippen LogP contribution in [0.4, 0.5) is 0 Å². The summed E-state index contributed by atoms with van der Waals surface area (Å²) in [6, 6.07) is 0. The van der Waals surface area contributed by atoms with Gasteiger partial charge < -0.3 is 15.8 Å². The number of nitrogens with two attached hydrogens (primary N) is 1. The molecule has 5 heteroatoms. The molecule has 0 aliphatic carbocycles. The van der Waals surface area contributed by atoms with Gasteiger partial charge in [0.2, 0.25) is 5.91 Å². The number of hydrogen-bond donors (Lipinski definition) is 2. The first kappa shape index (κ1) is 13.9. The Balaban J connectivity index is 3.66. The summed E-state index contributed by atoms with van der Waals surface area (Å²) in [5, 5.41) is 3.16. The molecule has 0 saturated heterocycles. The van der Waals surface area contributed by atoms with Crippen molar-refractivity contribution in [3.8, 4) is 0 Å². The summed E-state index contributed by atoms with van der Waals surface area (Å²) in [4.78, 5) is 21.5. The van der Waals surface area contributed by atoms with Crippen LogP contribution in [0.5, 0.6) is 0 Å². The van der Waals surface area contributed by atoms with Gasteiger partial charge in [-0.25, -0.2) is 0 Å². The van der Waals surface area contributed by atoms with Crippen molar-refractivity contribution in [2.45, 2.75) is 38.6 Å². The van der Waals surface area contributed by atoms with E-state index < -0.39 is 0 Å². The van der Waals surface area contributed by atoms with E-state index in [0.717, 1.165) is 0 Å². The van der Waals surface area contributed by atoms with E-state index in [1.807, 2.05) is 13.8 Å². The zero-order valence-electron chi connectivity index (χ0n) is 9.63. The molecule has 0 radical (unpaired) electrons. The van der Waals surface area contributed by atoms with Gasteiger partial charge in [0.25, 0.3) is 0 Å². The van der Waals surface area contributed by atoms with Crippen molar-refractivity contribution in [2.24, 2.45) is 5.73 Å². The molecule has 0 heterocycles. The van der Waals surface area contributed by atoms with Crippen molar-refractivity contribution in [1.29, 1.82) is 0 Å². The van der Waals surface area contributed by atoms with Gasteiger partial charge in [-0.2, -0.15) is 0 Å². The minimum atomic E-state index is -0.333. The Morgan fingerprint density at radius 1 is 1.40 bits per heavy atom. The Kier molecular flexibility index (Phi) is 5.93. The van der Waals surface area contributed by atoms with Crippen molar-refractivity contribution in [3.05, 3.63) is 0 Å². The van der Waals surface area contributed by atoms with Crippen molar-refractivity contribution in [1.82, 2.24) is 5.32 Å². The first-order chi connectivity index (χ1) is 6.87. The van der Waals surface area contributed by atoms with Crippen molar-refractivity contribution < 1.29 is 14.3 Å². The van der Waals surface area contributed by atoms with Crippen LogP contribution >= 0.6 is 0 Å². The van der Waals surface area contributed by atoms with Gasteiger partial charge in [0.1, 0.15) is 0 Å². The van der Waals surface area contributed by atoms with Gasteiger partial charge in [0.05, 0.1) is 7.11 Å². The molecule has 88 valence electrons. The largest absolute Gasteiger partial charge is 0.469 e. The van der Waals surface area contributed by atoms with E-state index in [4.69, 9.17) is 5.73 Å². The van der Waals surface area contributed by atoms with Crippen LogP contribution in [0.15, 0.2) is 0 Å². The molecule has 0 atom stereocenters. The van der Waals surface area contributed by atoms with Crippen LogP contribution in [0.1, 0.15) is 33.1 Å². The molecule has 0 bridgehead atoms. The van der Waals surface area contributed by atoms with Gasteiger partial charge in [-0.1, -0.05) is 0 Å². The van der Waals surface area contributed by atoms with E-state index in [-0.39, 0.29) is 23.8 Å². The smallest absolute Gasteiger partial charge is 0.305 e. The van der Waals surface area contributed by atoms with Gasteiger partial charge >= 0.3 is 5.97 Å². The van der Waals surface area contributed by atoms with Crippen molar-refractivity contribution in [2.75, 3.05) is 13.7 Å². The Labute approximate surface area is 90.4 Å². The van der Waals surface area contributed by atoms with E-state index >= 15 is 0 Å². The molecular weight excluding hydrogens is 196 g/mol. The number of carbonyl (C=O) groups excluding carboxylic acids is 2. The number of primary amides is 1. The summed E-state index contributed by atoms with van der Waals surface area (Å²) in [5.74, 6) is -0.551. The van der Waals surface area contributed by atoms with Crippen LogP contribution in [0.25, 0.3) is 0 Å². The normalized spacial score (nSPS) is 11.1. The second-order valence-corrected chi connectivity index (χ2v) is 4.13. The molecule has 3 N–H and O–H groups in total. The number of esters is 1. The lowest BCUT2D eigenvalue weighted by molar-refractivity contribution is -0.140. The second kappa shape index (κ2) is 6.40. The zero-order valence-corrected chi connectivity index (χ0v) is 9.63. The maximum Gasteiger partial charge on any atom is 0.305 e. The fraction of sp³-hybridized carbons (Fsp3) is 0.800. The number of rotatable bonds is 7. The first-order valence-electron chi connectivity index (χ1n) is 4.97. The molecule has 0 unspecified atom stereocenters. The summed E-state index contributed by atoms with van der Waals surface area (Å²) in [6.45, 7) is 4.46. The summed E-state index contributed by atoms with van der Waals surface area (Å²) < 4.78 is 4.51. The second-order valence-electron chi connectivity index (χ2n) is 4.13. The zero-order chi connectivity index (χ0) is 11.9. The van der Waals surface area contributed by atoms with Crippen LogP contribution < -0.4 is 11.1 Å². The number of hydrogen-bond acceptors (Lipinski definition) is 4. The van der Waals surface area contributed by atoms with E-state index in [9.17, 15) is 9.59 Å². The highest BCUT2D eigenvalue weighted by molar-refractivity contribution is 5.75. The van der Waals surface area contributed by atoms with Crippen LogP contribution in [-0.2, 0) is 14.3 Å². The Bertz CT molecular complexity index is 227. The topological polar surface area (TPSA) is 81.4 Å². The predicted molar refractivity (Wildman–Crippen MR) is 57.1 cm³/mol. The molecule has 0 aliphatic rings. The summed E-state index contributed by atoms with van der Waals surface area (Å²) in [7, 11) is 1.37. The van der Waals surface area contributed by atoms with E-state index in [1.54, 1.807) is 0 Å². The highest BCUT2D eigenvalue weighted by Crippen LogP contribution is 2.07. The molecule has 0 aliphatic heterocycles. The maximum absolute atomic E-state index is 10.8. The van der Waals surface area contributed by atoms with E-state index in [0.29, 0.717) is 19.4 Å². The van der Waals surface area contributed by atoms with Crippen LogP contribution in [-0.4, -0.2) is 31.1 Å². The fourth-order valence-corrected chi connectivity index (χ4v) is 1.26. The number of carbonyl (C=O) groups is 2. The molecule has 0 rings (SSSR count). The van der Waals surface area contributed by atoms with Gasteiger partial charge in [0, 0.05) is 18.4 Å². The maximum atomic E-state index is 10.8. The van der Waals surface area contributed by atoms with Gasteiger partial charge in [-0.15, -0.1) is 0 Å². The number of methoxy groups -OCH3 is 1. The predicted octanol–water partition coefficient (Wildman–Crippen LogP) is 0.183. The third-order valence-corrected chi connectivity index (χ3v) is 2.01. The molecule has 0 fully saturated rings. The average Bonchev–Trinajstić information content (AvgIpc) is 2.10. The van der Waals surface area contributed by atoms with E-state index in [1.165, 1.54) is 7.11 Å². The van der Waals surface area contributed by atoms with Gasteiger partial charge in [-0.3, -0.25) is 9.59 Å². The summed E-state index contributed by atoms with van der Waals surface area (Å²) in [5.41, 5.74) is 4.78. The van der Waals surface area contributed by atoms with Crippen LogP contribution in [0.3, 0.4) is 0 Å². The highest BCUT2D eigenvalue weighted by Gasteiger charge is 2.19. The van der Waals surface area contributed by atoms with Gasteiger partial charge in [0.15, 0.2) is 0 Å². The fourth-order valence-electron chi connectivity index (χ4n) is 1.26. The SMILES string of the molecule is COC(=O)CCCNC(C)(C)CC(N)=O. The third-order valence-electron chi connectivity index (χ3n) is 2.01. The lowest BCUT2D eigenvalue weighted by Crippen LogP contribution is -2.43. The Hall–Kier alpha value is -1.10. The quantitative estimate of drug-likeness (QED) is 0.470. The van der Waals surface area contributed by atoms with E-state index in [2.05, 4.69) is 10.1 Å². The third kappa shape index (κ3) is 7.93. The monoisotopic (exact) mass is 216 g/mol. The molecule has 0 aromatic rings.